The molecule has 0 spiro atoms. The summed E-state index contributed by atoms with van der Waals surface area (Å²) in [7, 11) is 0. The lowest BCUT2D eigenvalue weighted by molar-refractivity contribution is -0.143. The van der Waals surface area contributed by atoms with Gasteiger partial charge >= 0.3 is 23.9 Å². The molecule has 0 aromatic heterocycles. The highest BCUT2D eigenvalue weighted by atomic mass is 32.2. The van der Waals surface area contributed by atoms with Crippen LogP contribution in [0.1, 0.15) is 157 Å². The molecule has 0 aliphatic rings. The molecule has 0 saturated carbocycles. The largest absolute Gasteiger partial charge is 0.508 e. The molecule has 121 heavy (non-hydrogen) atoms. The third-order valence-corrected chi connectivity index (χ3v) is 20.0. The minimum Gasteiger partial charge on any atom is -0.508 e. The van der Waals surface area contributed by atoms with Gasteiger partial charge in [0, 0.05) is 12.8 Å². The Labute approximate surface area is 709 Å². The Bertz CT molecular complexity index is 3640. The summed E-state index contributed by atoms with van der Waals surface area (Å²) in [5.74, 6) is -24.5. The molecule has 0 unspecified atom stereocenters. The third kappa shape index (κ3) is 42.5. The summed E-state index contributed by atoms with van der Waals surface area (Å²) in [5, 5.41) is 103. The van der Waals surface area contributed by atoms with E-state index in [2.05, 4.69) is 74.4 Å². The number of benzene rings is 1. The van der Waals surface area contributed by atoms with Crippen LogP contribution in [0.15, 0.2) is 24.3 Å². The number of aliphatic hydroxyl groups excluding tert-OH is 2. The highest BCUT2D eigenvalue weighted by Gasteiger charge is 2.40. The molecule has 0 aliphatic carbocycles. The van der Waals surface area contributed by atoms with Crippen LogP contribution < -0.4 is 97.4 Å². The van der Waals surface area contributed by atoms with Gasteiger partial charge in [0.25, 0.3) is 0 Å². The van der Waals surface area contributed by atoms with Crippen LogP contribution >= 0.6 is 23.5 Å². The second-order valence-electron chi connectivity index (χ2n) is 29.6. The number of carboxylic acid groups (broad SMARTS) is 4. The number of phenolic OH excluding ortho intramolecular Hbond substituents is 1. The van der Waals surface area contributed by atoms with E-state index in [0.29, 0.717) is 18.4 Å². The molecule has 682 valence electrons. The number of carbonyl (C=O) groups is 19. The van der Waals surface area contributed by atoms with Crippen molar-refractivity contribution in [3.63, 3.8) is 0 Å². The van der Waals surface area contributed by atoms with Crippen molar-refractivity contribution in [2.45, 2.75) is 248 Å². The molecule has 1 aromatic carbocycles. The van der Waals surface area contributed by atoms with Crippen molar-refractivity contribution in [2.24, 2.45) is 40.7 Å². The number of aliphatic hydroxyl groups is 2. The number of amides is 15. The van der Waals surface area contributed by atoms with Crippen molar-refractivity contribution in [3.05, 3.63) is 29.8 Å². The van der Waals surface area contributed by atoms with E-state index < -0.39 is 273 Å². The number of phenols is 1. The maximum absolute atomic E-state index is 14.6. The molecule has 0 radical (unpaired) electrons. The highest BCUT2D eigenvalue weighted by Crippen LogP contribution is 2.17. The summed E-state index contributed by atoms with van der Waals surface area (Å²) in [6, 6.07) is -17.7. The third-order valence-electron chi connectivity index (χ3n) is 18.7. The van der Waals surface area contributed by atoms with Gasteiger partial charge in [-0.2, -0.15) is 23.5 Å². The molecule has 1 rings (SSSR count). The first-order valence-corrected chi connectivity index (χ1v) is 42.3. The zero-order valence-corrected chi connectivity index (χ0v) is 71.1. The van der Waals surface area contributed by atoms with Gasteiger partial charge in [-0.25, -0.2) is 4.79 Å². The number of nitrogens with one attached hydrogen (secondary N) is 14. The average Bonchev–Trinajstić information content (AvgIpc) is 0.847. The van der Waals surface area contributed by atoms with E-state index in [1.54, 1.807) is 47.1 Å². The van der Waals surface area contributed by atoms with E-state index >= 15 is 0 Å². The van der Waals surface area contributed by atoms with Gasteiger partial charge < -0.3 is 133 Å². The summed E-state index contributed by atoms with van der Waals surface area (Å²) in [6.07, 6.45) is -3.01. The maximum atomic E-state index is 14.6. The van der Waals surface area contributed by atoms with Gasteiger partial charge in [-0.1, -0.05) is 60.1 Å². The molecule has 46 heteroatoms. The lowest BCUT2D eigenvalue weighted by Gasteiger charge is -2.30. The molecule has 0 bridgehead atoms. The molecule has 16 atom stereocenters. The van der Waals surface area contributed by atoms with Gasteiger partial charge in [0.05, 0.1) is 38.1 Å². The quantitative estimate of drug-likeness (QED) is 0.0270. The fourth-order valence-electron chi connectivity index (χ4n) is 11.6. The van der Waals surface area contributed by atoms with Crippen LogP contribution in [0.3, 0.4) is 0 Å². The topological polar surface area (TPSA) is 738 Å². The molecule has 0 aliphatic heterocycles. The van der Waals surface area contributed by atoms with E-state index in [1.807, 2.05) is 0 Å². The molecular weight excluding hydrogens is 1630 g/mol. The van der Waals surface area contributed by atoms with E-state index in [9.17, 15) is 127 Å². The van der Waals surface area contributed by atoms with Gasteiger partial charge in [-0.05, 0) is 157 Å². The smallest absolute Gasteiger partial charge is 0.326 e. The van der Waals surface area contributed by atoms with Crippen LogP contribution in [-0.4, -0.2) is 289 Å². The molecule has 29 N–H and O–H groups in total. The Hall–Kier alpha value is -10.5. The molecule has 44 nitrogen and oxygen atoms in total. The maximum Gasteiger partial charge on any atom is 0.326 e. The lowest BCUT2D eigenvalue weighted by atomic mass is 9.96. The van der Waals surface area contributed by atoms with Crippen LogP contribution in [0.2, 0.25) is 0 Å². The van der Waals surface area contributed by atoms with Crippen molar-refractivity contribution < 1.29 is 127 Å². The average molecular weight is 1760 g/mol. The normalized spacial score (nSPS) is 15.1. The number of hydrogen-bond donors (Lipinski definition) is 25. The van der Waals surface area contributed by atoms with Crippen LogP contribution in [0.25, 0.3) is 0 Å². The summed E-state index contributed by atoms with van der Waals surface area (Å²) in [4.78, 5) is 257. The Kier molecular flexibility index (Phi) is 51.7. The van der Waals surface area contributed by atoms with Crippen LogP contribution in [0.4, 0.5) is 0 Å². The minimum atomic E-state index is -2.13. The first-order chi connectivity index (χ1) is 56.9. The number of unbranched alkanes of at least 4 members (excludes halogenated alkanes) is 2. The second-order valence-corrected chi connectivity index (χ2v) is 31.6. The van der Waals surface area contributed by atoms with Gasteiger partial charge in [-0.15, -0.1) is 0 Å². The zero-order chi connectivity index (χ0) is 91.9. The van der Waals surface area contributed by atoms with E-state index in [-0.39, 0.29) is 88.1 Å². The standard InChI is InChI=1S/C75H124N18O26S2/c1-10-39(6)60(92-66(109)44(15-11-13-27-76)82-63(106)45(21-23-54(79)97)86-74(117)61(40(7)95)93-71(114)53(36-94)81-55(98)35-80-62(105)43(78)32-41-17-19-42(96)20-18-41)73(116)85-46(22-24-56(99)100)64(107)89-52(34-58(103)104)70(113)88-50(31-37(2)3)68(111)83-47(25-29-120-8)65(108)90-51(33-57(101)102)69(112)84-48(26-30-121-9)67(110)91-59(38(4)5)72(115)87-49(75(118)119)16-12-14-28-77/h17-20,37-40,43-53,59-61,94-96H,10-16,21-36,76-78H2,1-9H3,(H2,79,97)(H,80,105)(H,81,98)(H,82,106)(H,83,111)(H,84,112)(H,85,116)(H,86,117)(H,87,115)(H,88,113)(H,89,107)(H,90,108)(H,91,110)(H,92,109)(H,93,114)(H,99,100)(H,101,102)(H,103,104)(H,118,119)/t39-,40+,43-,44-,45-,46-,47-,48-,49-,50-,51-,52-,53-,59-,60-,61-/m0/s1. The fourth-order valence-corrected chi connectivity index (χ4v) is 12.6. The number of aromatic hydroxyl groups is 1. The predicted molar refractivity (Wildman–Crippen MR) is 440 cm³/mol. The SMILES string of the molecule is CC[C@H](C)[C@H](NC(=O)[C@H](CCCCN)NC(=O)[C@H](CCC(N)=O)NC(=O)[C@@H](NC(=O)[C@H](CO)NC(=O)CNC(=O)[C@@H](N)Cc1ccc(O)cc1)[C@@H](C)O)C(=O)N[C@@H](CCC(=O)O)C(=O)N[C@@H](CC(=O)O)C(=O)N[C@@H](CC(C)C)C(=O)N[C@@H](CCSC)C(=O)N[C@@H](CC(=O)O)C(=O)N[C@@H](CCSC)C(=O)N[C@H](C(=O)N[C@@H](CCCCN)C(=O)O)C(C)C. The second kappa shape index (κ2) is 57.6. The molecule has 0 fully saturated rings. The first-order valence-electron chi connectivity index (χ1n) is 39.5. The summed E-state index contributed by atoms with van der Waals surface area (Å²) >= 11 is 2.45. The van der Waals surface area contributed by atoms with Crippen LogP contribution in [0.5, 0.6) is 5.75 Å². The first kappa shape index (κ1) is 108. The van der Waals surface area contributed by atoms with Gasteiger partial charge in [0.15, 0.2) is 0 Å². The van der Waals surface area contributed by atoms with Crippen molar-refractivity contribution in [1.29, 1.82) is 0 Å². The number of rotatable bonds is 62. The monoisotopic (exact) mass is 1760 g/mol. The number of nitrogens with two attached hydrogens (primary N) is 4. The minimum absolute atomic E-state index is 0.00554. The molecule has 0 heterocycles. The number of carboxylic acids is 4. The van der Waals surface area contributed by atoms with Gasteiger partial charge in [0.2, 0.25) is 88.6 Å². The molecule has 0 saturated heterocycles. The Morgan fingerprint density at radius 3 is 1.21 bits per heavy atom. The molecular formula is C75H124N18O26S2. The summed E-state index contributed by atoms with van der Waals surface area (Å²) in [6.45, 7) is 8.97. The Balaban J connectivity index is 3.64. The van der Waals surface area contributed by atoms with Crippen molar-refractivity contribution in [3.8, 4) is 5.75 Å². The Morgan fingerprint density at radius 1 is 0.421 bits per heavy atom. The number of carbonyl (C=O) groups excluding carboxylic acids is 15. The van der Waals surface area contributed by atoms with Crippen LogP contribution in [0, 0.1) is 17.8 Å². The van der Waals surface area contributed by atoms with Crippen molar-refractivity contribution in [1.82, 2.24) is 74.4 Å². The number of hydrogen-bond acceptors (Lipinski definition) is 27. The fraction of sp³-hybridized carbons (Fsp3) is 0.667. The summed E-state index contributed by atoms with van der Waals surface area (Å²) in [5.41, 5.74) is 23.3. The van der Waals surface area contributed by atoms with Crippen LogP contribution in [-0.2, 0) is 97.5 Å². The predicted octanol–water partition coefficient (Wildman–Crippen LogP) is -6.27. The number of thioether (sulfide) groups is 2. The summed E-state index contributed by atoms with van der Waals surface area (Å²) < 4.78 is 0. The van der Waals surface area contributed by atoms with E-state index in [1.165, 1.54) is 54.7 Å². The van der Waals surface area contributed by atoms with Crippen molar-refractivity contribution >= 4 is 136 Å². The van der Waals surface area contributed by atoms with E-state index in [0.717, 1.165) is 6.92 Å². The number of primary amides is 1. The van der Waals surface area contributed by atoms with Crippen molar-refractivity contribution in [2.75, 3.05) is 50.3 Å². The lowest BCUT2D eigenvalue weighted by Crippen LogP contribution is -2.62. The molecule has 15 amide bonds. The zero-order valence-electron chi connectivity index (χ0n) is 69.5. The van der Waals surface area contributed by atoms with Gasteiger partial charge in [0.1, 0.15) is 84.3 Å². The number of aliphatic carboxylic acids is 4. The van der Waals surface area contributed by atoms with E-state index in [4.69, 9.17) is 22.9 Å². The van der Waals surface area contributed by atoms with Gasteiger partial charge in [-0.3, -0.25) is 86.3 Å². The Morgan fingerprint density at radius 2 is 0.793 bits per heavy atom. The molecule has 1 aromatic rings. The highest BCUT2D eigenvalue weighted by molar-refractivity contribution is 7.98.